The third kappa shape index (κ3) is 4.57. The number of phenols is 1. The van der Waals surface area contributed by atoms with Crippen LogP contribution in [0.5, 0.6) is 5.75 Å². The molecule has 0 bridgehead atoms. The second kappa shape index (κ2) is 9.38. The number of rotatable bonds is 6. The molecule has 3 aromatic rings. The number of ether oxygens (including phenoxy) is 1. The standard InChI is InChI=1S/C27H26N2O6/c1-16-20(14-24(35-16)18-5-3-2-4-6-18)26(32)28-21(13-17-7-9-19(30)10-8-17)27(33)29-12-11-23-25(29)22(31)15-34-23/h2-10,14,21,23,25,30H,11-13,15H2,1H3,(H,28,32). The second-order valence-electron chi connectivity index (χ2n) is 8.92. The normalized spacial score (nSPS) is 20.0. The van der Waals surface area contributed by atoms with Gasteiger partial charge in [-0.1, -0.05) is 42.5 Å². The molecule has 0 spiro atoms. The monoisotopic (exact) mass is 474 g/mol. The lowest BCUT2D eigenvalue weighted by Gasteiger charge is -2.27. The lowest BCUT2D eigenvalue weighted by molar-refractivity contribution is -0.138. The molecule has 8 heteroatoms. The first-order valence-corrected chi connectivity index (χ1v) is 11.6. The molecule has 2 saturated heterocycles. The number of furan rings is 1. The third-order valence-corrected chi connectivity index (χ3v) is 6.60. The molecule has 2 N–H and O–H groups in total. The Labute approximate surface area is 202 Å². The highest BCUT2D eigenvalue weighted by molar-refractivity contribution is 6.00. The molecule has 0 radical (unpaired) electrons. The van der Waals surface area contributed by atoms with Gasteiger partial charge in [-0.3, -0.25) is 14.4 Å². The van der Waals surface area contributed by atoms with E-state index >= 15 is 0 Å². The number of Topliss-reactive ketones (excluding diaryl/α,β-unsaturated/α-hetero) is 1. The van der Waals surface area contributed by atoms with Crippen molar-refractivity contribution in [1.29, 1.82) is 0 Å². The Kier molecular flexibility index (Phi) is 6.13. The van der Waals surface area contributed by atoms with Gasteiger partial charge in [-0.05, 0) is 37.1 Å². The minimum atomic E-state index is -0.909. The molecule has 8 nitrogen and oxygen atoms in total. The zero-order valence-corrected chi connectivity index (χ0v) is 19.3. The molecule has 0 saturated carbocycles. The Hall–Kier alpha value is -3.91. The van der Waals surface area contributed by atoms with E-state index in [0.717, 1.165) is 11.1 Å². The molecular formula is C27H26N2O6. The molecule has 2 amide bonds. The maximum atomic E-state index is 13.6. The number of carbonyl (C=O) groups excluding carboxylic acids is 3. The smallest absolute Gasteiger partial charge is 0.255 e. The van der Waals surface area contributed by atoms with Gasteiger partial charge in [0.05, 0.1) is 11.7 Å². The van der Waals surface area contributed by atoms with Crippen molar-refractivity contribution < 1.29 is 28.6 Å². The van der Waals surface area contributed by atoms with Gasteiger partial charge in [0.1, 0.15) is 36.0 Å². The van der Waals surface area contributed by atoms with Crippen LogP contribution in [-0.4, -0.2) is 58.9 Å². The van der Waals surface area contributed by atoms with Crippen LogP contribution in [0.3, 0.4) is 0 Å². The summed E-state index contributed by atoms with van der Waals surface area (Å²) < 4.78 is 11.3. The molecule has 2 aliphatic rings. The van der Waals surface area contributed by atoms with Crippen molar-refractivity contribution >= 4 is 17.6 Å². The molecule has 180 valence electrons. The van der Waals surface area contributed by atoms with Crippen molar-refractivity contribution in [3.63, 3.8) is 0 Å². The Balaban J connectivity index is 1.40. The average Bonchev–Trinajstić information content (AvgIpc) is 3.56. The van der Waals surface area contributed by atoms with Crippen LogP contribution in [0, 0.1) is 6.92 Å². The summed E-state index contributed by atoms with van der Waals surface area (Å²) in [5.74, 6) is 0.231. The first-order chi connectivity index (χ1) is 16.9. The number of amides is 2. The Morgan fingerprint density at radius 1 is 1.14 bits per heavy atom. The summed E-state index contributed by atoms with van der Waals surface area (Å²) in [7, 11) is 0. The number of aromatic hydroxyl groups is 1. The number of hydrogen-bond donors (Lipinski definition) is 2. The maximum absolute atomic E-state index is 13.6. The summed E-state index contributed by atoms with van der Waals surface area (Å²) in [6.07, 6.45) is 0.500. The summed E-state index contributed by atoms with van der Waals surface area (Å²) >= 11 is 0. The first-order valence-electron chi connectivity index (χ1n) is 11.6. The van der Waals surface area contributed by atoms with E-state index in [1.807, 2.05) is 30.3 Å². The number of aryl methyl sites for hydroxylation is 1. The van der Waals surface area contributed by atoms with Crippen molar-refractivity contribution in [2.45, 2.75) is 38.0 Å². The minimum absolute atomic E-state index is 0.00454. The van der Waals surface area contributed by atoms with E-state index in [4.69, 9.17) is 9.15 Å². The third-order valence-electron chi connectivity index (χ3n) is 6.60. The second-order valence-corrected chi connectivity index (χ2v) is 8.92. The van der Waals surface area contributed by atoms with Gasteiger partial charge < -0.3 is 24.5 Å². The zero-order chi connectivity index (χ0) is 24.5. The number of nitrogens with one attached hydrogen (secondary N) is 1. The summed E-state index contributed by atoms with van der Waals surface area (Å²) in [5, 5.41) is 12.5. The average molecular weight is 475 g/mol. The summed E-state index contributed by atoms with van der Waals surface area (Å²) in [4.78, 5) is 40.8. The summed E-state index contributed by atoms with van der Waals surface area (Å²) in [6, 6.07) is 16.1. The quantitative estimate of drug-likeness (QED) is 0.569. The van der Waals surface area contributed by atoms with E-state index in [0.29, 0.717) is 30.0 Å². The summed E-state index contributed by atoms with van der Waals surface area (Å²) in [5.41, 5.74) is 1.95. The van der Waals surface area contributed by atoms with Gasteiger partial charge in [0.15, 0.2) is 5.78 Å². The highest BCUT2D eigenvalue weighted by Gasteiger charge is 2.48. The van der Waals surface area contributed by atoms with Gasteiger partial charge in [0.2, 0.25) is 5.91 Å². The number of likely N-dealkylation sites (tertiary alicyclic amines) is 1. The van der Waals surface area contributed by atoms with Crippen molar-refractivity contribution in [2.75, 3.05) is 13.2 Å². The number of fused-ring (bicyclic) bond motifs is 1. The van der Waals surface area contributed by atoms with Crippen molar-refractivity contribution in [1.82, 2.24) is 10.2 Å². The van der Waals surface area contributed by atoms with Gasteiger partial charge >= 0.3 is 0 Å². The van der Waals surface area contributed by atoms with Crippen LogP contribution >= 0.6 is 0 Å². The van der Waals surface area contributed by atoms with Crippen LogP contribution in [0.2, 0.25) is 0 Å². The predicted octanol–water partition coefficient (Wildman–Crippen LogP) is 2.87. The largest absolute Gasteiger partial charge is 0.508 e. The zero-order valence-electron chi connectivity index (χ0n) is 19.3. The lowest BCUT2D eigenvalue weighted by Crippen LogP contribution is -2.53. The van der Waals surface area contributed by atoms with E-state index in [1.54, 1.807) is 25.1 Å². The van der Waals surface area contributed by atoms with Crippen LogP contribution in [0.4, 0.5) is 0 Å². The number of benzene rings is 2. The Bertz CT molecular complexity index is 1250. The fourth-order valence-corrected chi connectivity index (χ4v) is 4.80. The van der Waals surface area contributed by atoms with Crippen LogP contribution in [0.15, 0.2) is 65.1 Å². The Morgan fingerprint density at radius 3 is 2.63 bits per heavy atom. The van der Waals surface area contributed by atoms with Gasteiger partial charge in [-0.25, -0.2) is 0 Å². The van der Waals surface area contributed by atoms with Crippen LogP contribution in [0.1, 0.15) is 28.1 Å². The van der Waals surface area contributed by atoms with E-state index in [-0.39, 0.29) is 36.6 Å². The fraction of sp³-hybridized carbons (Fsp3) is 0.296. The van der Waals surface area contributed by atoms with E-state index in [9.17, 15) is 19.5 Å². The molecule has 5 rings (SSSR count). The Morgan fingerprint density at radius 2 is 1.89 bits per heavy atom. The van der Waals surface area contributed by atoms with Crippen molar-refractivity contribution in [3.8, 4) is 17.1 Å². The topological polar surface area (TPSA) is 109 Å². The predicted molar refractivity (Wildman–Crippen MR) is 127 cm³/mol. The van der Waals surface area contributed by atoms with Gasteiger partial charge in [-0.15, -0.1) is 0 Å². The van der Waals surface area contributed by atoms with Gasteiger partial charge in [0, 0.05) is 18.5 Å². The lowest BCUT2D eigenvalue weighted by atomic mass is 10.0. The van der Waals surface area contributed by atoms with Crippen molar-refractivity contribution in [3.05, 3.63) is 77.6 Å². The SMILES string of the molecule is Cc1oc(-c2ccccc2)cc1C(=O)NC(Cc1ccc(O)cc1)C(=O)N1CCC2OCC(=O)C21. The highest BCUT2D eigenvalue weighted by atomic mass is 16.5. The molecule has 3 heterocycles. The summed E-state index contributed by atoms with van der Waals surface area (Å²) in [6.45, 7) is 2.10. The molecule has 2 aliphatic heterocycles. The number of nitrogens with zero attached hydrogens (tertiary/aromatic N) is 1. The van der Waals surface area contributed by atoms with E-state index in [2.05, 4.69) is 5.32 Å². The van der Waals surface area contributed by atoms with Crippen LogP contribution in [0.25, 0.3) is 11.3 Å². The van der Waals surface area contributed by atoms with E-state index in [1.165, 1.54) is 17.0 Å². The molecule has 2 fully saturated rings. The first kappa shape index (κ1) is 22.9. The molecule has 1 aromatic heterocycles. The van der Waals surface area contributed by atoms with Gasteiger partial charge in [0.25, 0.3) is 5.91 Å². The molecule has 3 unspecified atom stereocenters. The van der Waals surface area contributed by atoms with Crippen molar-refractivity contribution in [2.24, 2.45) is 0 Å². The highest BCUT2D eigenvalue weighted by Crippen LogP contribution is 2.29. The number of ketones is 1. The molecular weight excluding hydrogens is 448 g/mol. The number of hydrogen-bond acceptors (Lipinski definition) is 6. The maximum Gasteiger partial charge on any atom is 0.255 e. The minimum Gasteiger partial charge on any atom is -0.508 e. The van der Waals surface area contributed by atoms with Crippen LogP contribution < -0.4 is 5.32 Å². The van der Waals surface area contributed by atoms with Gasteiger partial charge in [-0.2, -0.15) is 0 Å². The van der Waals surface area contributed by atoms with E-state index < -0.39 is 18.0 Å². The molecule has 3 atom stereocenters. The molecule has 35 heavy (non-hydrogen) atoms. The number of carbonyl (C=O) groups is 3. The van der Waals surface area contributed by atoms with Crippen LogP contribution in [-0.2, 0) is 20.7 Å². The number of phenolic OH excluding ortho intramolecular Hbond substituents is 1. The molecule has 2 aromatic carbocycles. The fourth-order valence-electron chi connectivity index (χ4n) is 4.80. The molecule has 0 aliphatic carbocycles.